The Hall–Kier alpha value is -2.45. The highest BCUT2D eigenvalue weighted by atomic mass is 19.4. The van der Waals surface area contributed by atoms with Crippen molar-refractivity contribution in [1.29, 1.82) is 0 Å². The monoisotopic (exact) mass is 258 g/mol. The molecule has 6 nitrogen and oxygen atoms in total. The van der Waals surface area contributed by atoms with E-state index in [2.05, 4.69) is 24.7 Å². The molecule has 9 heteroatoms. The topological polar surface area (TPSA) is 80.8 Å². The Bertz CT molecular complexity index is 574. The van der Waals surface area contributed by atoms with E-state index in [0.717, 1.165) is 12.4 Å². The van der Waals surface area contributed by atoms with Gasteiger partial charge in [0.25, 0.3) is 0 Å². The van der Waals surface area contributed by atoms with Crippen LogP contribution in [-0.2, 0) is 0 Å². The number of aromatic amines is 1. The van der Waals surface area contributed by atoms with Crippen molar-refractivity contribution in [2.24, 2.45) is 0 Å². The lowest BCUT2D eigenvalue weighted by Gasteiger charge is -2.07. The fourth-order valence-electron chi connectivity index (χ4n) is 1.12. The normalized spacial score (nSPS) is 11.3. The molecule has 0 aliphatic heterocycles. The van der Waals surface area contributed by atoms with E-state index in [1.165, 1.54) is 12.4 Å². The summed E-state index contributed by atoms with van der Waals surface area (Å²) in [6, 6.07) is 0. The van der Waals surface area contributed by atoms with Crippen molar-refractivity contribution in [1.82, 2.24) is 19.9 Å². The van der Waals surface area contributed by atoms with Gasteiger partial charge in [-0.1, -0.05) is 0 Å². The van der Waals surface area contributed by atoms with Gasteiger partial charge in [0.15, 0.2) is 0 Å². The number of ether oxygens (including phenoxy) is 1. The fraction of sp³-hybridized carbons (Fsp3) is 0.111. The lowest BCUT2D eigenvalue weighted by atomic mass is 10.2. The van der Waals surface area contributed by atoms with E-state index in [4.69, 9.17) is 0 Å². The number of hydrogen-bond acceptors (Lipinski definition) is 5. The van der Waals surface area contributed by atoms with Crippen LogP contribution in [0.15, 0.2) is 29.6 Å². The first kappa shape index (κ1) is 12.0. The molecule has 0 bridgehead atoms. The molecule has 0 aromatic carbocycles. The zero-order valence-electron chi connectivity index (χ0n) is 8.60. The van der Waals surface area contributed by atoms with Gasteiger partial charge < -0.3 is 9.72 Å². The van der Waals surface area contributed by atoms with Gasteiger partial charge in [-0.15, -0.1) is 13.2 Å². The zero-order chi connectivity index (χ0) is 13.2. The van der Waals surface area contributed by atoms with Crippen LogP contribution in [0.1, 0.15) is 0 Å². The van der Waals surface area contributed by atoms with E-state index in [0.29, 0.717) is 5.56 Å². The van der Waals surface area contributed by atoms with Crippen LogP contribution in [0.3, 0.4) is 0 Å². The van der Waals surface area contributed by atoms with Gasteiger partial charge in [-0.25, -0.2) is 19.7 Å². The standard InChI is InChI=1S/C9H5F3N4O2/c10-9(11,12)18-7-4-13-6(3-14-7)5-1-15-8(17)16-2-5/h1-4H,(H,15,16,17). The minimum Gasteiger partial charge on any atom is -0.386 e. The van der Waals surface area contributed by atoms with Gasteiger partial charge in [-0.05, 0) is 0 Å². The first-order valence-electron chi connectivity index (χ1n) is 4.57. The van der Waals surface area contributed by atoms with Crippen LogP contribution in [0.2, 0.25) is 0 Å². The highest BCUT2D eigenvalue weighted by molar-refractivity contribution is 5.54. The van der Waals surface area contributed by atoms with Crippen molar-refractivity contribution in [2.45, 2.75) is 6.36 Å². The summed E-state index contributed by atoms with van der Waals surface area (Å²) in [5.74, 6) is -0.663. The van der Waals surface area contributed by atoms with Crippen molar-refractivity contribution in [3.05, 3.63) is 35.3 Å². The maximum Gasteiger partial charge on any atom is 0.574 e. The quantitative estimate of drug-likeness (QED) is 0.873. The summed E-state index contributed by atoms with van der Waals surface area (Å²) < 4.78 is 39.2. The molecule has 1 N–H and O–H groups in total. The molecule has 0 aliphatic rings. The summed E-state index contributed by atoms with van der Waals surface area (Å²) in [6.45, 7) is 0. The third kappa shape index (κ3) is 3.03. The second-order valence-electron chi connectivity index (χ2n) is 3.10. The van der Waals surface area contributed by atoms with E-state index in [1.807, 2.05) is 0 Å². The predicted octanol–water partition coefficient (Wildman–Crippen LogP) is 1.13. The molecule has 0 atom stereocenters. The number of rotatable bonds is 2. The van der Waals surface area contributed by atoms with Crippen molar-refractivity contribution >= 4 is 0 Å². The largest absolute Gasteiger partial charge is 0.574 e. The van der Waals surface area contributed by atoms with Gasteiger partial charge >= 0.3 is 12.1 Å². The molecule has 0 amide bonds. The van der Waals surface area contributed by atoms with Gasteiger partial charge in [0.2, 0.25) is 5.88 Å². The Balaban J connectivity index is 2.22. The molecule has 0 spiro atoms. The van der Waals surface area contributed by atoms with Crippen molar-refractivity contribution in [3.8, 4) is 17.1 Å². The number of hydrogen-bond donors (Lipinski definition) is 1. The maximum atomic E-state index is 11.9. The smallest absolute Gasteiger partial charge is 0.386 e. The van der Waals surface area contributed by atoms with Gasteiger partial charge in [-0.3, -0.25) is 0 Å². The second-order valence-corrected chi connectivity index (χ2v) is 3.10. The minimum absolute atomic E-state index is 0.258. The third-order valence-corrected chi connectivity index (χ3v) is 1.82. The highest BCUT2D eigenvalue weighted by Gasteiger charge is 2.31. The van der Waals surface area contributed by atoms with Crippen LogP contribution in [0.5, 0.6) is 5.88 Å². The Labute approximate surface area is 97.5 Å². The fourth-order valence-corrected chi connectivity index (χ4v) is 1.12. The highest BCUT2D eigenvalue weighted by Crippen LogP contribution is 2.21. The van der Waals surface area contributed by atoms with E-state index >= 15 is 0 Å². The summed E-state index contributed by atoms with van der Waals surface area (Å²) >= 11 is 0. The molecule has 0 radical (unpaired) electrons. The molecule has 2 aromatic heterocycles. The lowest BCUT2D eigenvalue weighted by molar-refractivity contribution is -0.276. The lowest BCUT2D eigenvalue weighted by Crippen LogP contribution is -2.18. The first-order valence-corrected chi connectivity index (χ1v) is 4.57. The molecule has 0 fully saturated rings. The Morgan fingerprint density at radius 2 is 1.89 bits per heavy atom. The van der Waals surface area contributed by atoms with Gasteiger partial charge in [0.1, 0.15) is 0 Å². The zero-order valence-corrected chi connectivity index (χ0v) is 8.60. The summed E-state index contributed by atoms with van der Waals surface area (Å²) in [5.41, 5.74) is 0.137. The number of H-pyrrole nitrogens is 1. The average molecular weight is 258 g/mol. The van der Waals surface area contributed by atoms with E-state index in [1.54, 1.807) is 0 Å². The molecule has 0 saturated carbocycles. The van der Waals surface area contributed by atoms with Crippen molar-refractivity contribution in [2.75, 3.05) is 0 Å². The van der Waals surface area contributed by atoms with Gasteiger partial charge in [0.05, 0.1) is 18.1 Å². The average Bonchev–Trinajstić information content (AvgIpc) is 2.29. The van der Waals surface area contributed by atoms with Gasteiger partial charge in [0, 0.05) is 18.0 Å². The molecule has 18 heavy (non-hydrogen) atoms. The third-order valence-electron chi connectivity index (χ3n) is 1.82. The van der Waals surface area contributed by atoms with Crippen molar-refractivity contribution < 1.29 is 17.9 Å². The number of nitrogens with zero attached hydrogens (tertiary/aromatic N) is 3. The van der Waals surface area contributed by atoms with Crippen LogP contribution in [0.25, 0.3) is 11.3 Å². The van der Waals surface area contributed by atoms with E-state index < -0.39 is 17.9 Å². The molecule has 0 aliphatic carbocycles. The van der Waals surface area contributed by atoms with E-state index in [-0.39, 0.29) is 5.69 Å². The number of aromatic nitrogens is 4. The molecular formula is C9H5F3N4O2. The molecule has 94 valence electrons. The molecule has 0 unspecified atom stereocenters. The molecule has 2 aromatic rings. The Morgan fingerprint density at radius 3 is 2.39 bits per heavy atom. The van der Waals surface area contributed by atoms with Crippen LogP contribution < -0.4 is 10.4 Å². The van der Waals surface area contributed by atoms with Crippen molar-refractivity contribution in [3.63, 3.8) is 0 Å². The number of alkyl halides is 3. The second kappa shape index (κ2) is 4.43. The molecule has 0 saturated heterocycles. The van der Waals surface area contributed by atoms with Crippen LogP contribution in [-0.4, -0.2) is 26.3 Å². The molecule has 2 rings (SSSR count). The molecular weight excluding hydrogens is 253 g/mol. The molecule has 2 heterocycles. The Kier molecular flexibility index (Phi) is 2.96. The predicted molar refractivity (Wildman–Crippen MR) is 52.6 cm³/mol. The first-order chi connectivity index (χ1) is 8.44. The van der Waals surface area contributed by atoms with E-state index in [9.17, 15) is 18.0 Å². The summed E-state index contributed by atoms with van der Waals surface area (Å²) in [4.78, 5) is 23.6. The number of nitrogens with one attached hydrogen (secondary N) is 1. The number of halogens is 3. The maximum absolute atomic E-state index is 11.9. The minimum atomic E-state index is -4.81. The summed E-state index contributed by atoms with van der Waals surface area (Å²) in [7, 11) is 0. The Morgan fingerprint density at radius 1 is 1.11 bits per heavy atom. The summed E-state index contributed by atoms with van der Waals surface area (Å²) in [5, 5.41) is 0. The van der Waals surface area contributed by atoms with Gasteiger partial charge in [-0.2, -0.15) is 0 Å². The van der Waals surface area contributed by atoms with Crippen LogP contribution >= 0.6 is 0 Å². The van der Waals surface area contributed by atoms with Crippen LogP contribution in [0.4, 0.5) is 13.2 Å². The van der Waals surface area contributed by atoms with Crippen LogP contribution in [0, 0.1) is 0 Å². The summed E-state index contributed by atoms with van der Waals surface area (Å²) in [6.07, 6.45) is -0.350. The SMILES string of the molecule is O=c1ncc(-c2cnc(OC(F)(F)F)cn2)c[nH]1.